The second kappa shape index (κ2) is 3.80. The van der Waals surface area contributed by atoms with Gasteiger partial charge in [-0.15, -0.1) is 0 Å². The van der Waals surface area contributed by atoms with E-state index in [1.54, 1.807) is 0 Å². The van der Waals surface area contributed by atoms with E-state index in [9.17, 15) is 0 Å². The van der Waals surface area contributed by atoms with Gasteiger partial charge in [0.15, 0.2) is 0 Å². The molecule has 3 nitrogen and oxygen atoms in total. The Morgan fingerprint density at radius 1 is 1.43 bits per heavy atom. The number of aromatic amines is 1. The molecule has 0 radical (unpaired) electrons. The molecular weight excluding hydrogens is 174 g/mol. The van der Waals surface area contributed by atoms with Gasteiger partial charge in [-0.1, -0.05) is 25.1 Å². The molecule has 0 fully saturated rings. The Morgan fingerprint density at radius 2 is 2.21 bits per heavy atom. The van der Waals surface area contributed by atoms with Gasteiger partial charge in [0.2, 0.25) is 0 Å². The summed E-state index contributed by atoms with van der Waals surface area (Å²) < 4.78 is 0. The molecule has 0 aliphatic carbocycles. The van der Waals surface area contributed by atoms with E-state index >= 15 is 0 Å². The van der Waals surface area contributed by atoms with Crippen LogP contribution in [-0.4, -0.2) is 16.7 Å². The molecule has 1 aromatic heterocycles. The first kappa shape index (κ1) is 9.21. The minimum atomic E-state index is 0.451. The molecule has 3 N–H and O–H groups in total. The van der Waals surface area contributed by atoms with Gasteiger partial charge in [0.1, 0.15) is 0 Å². The molecular formula is C11H15N3. The number of hydrogen-bond donors (Lipinski definition) is 2. The highest BCUT2D eigenvalue weighted by Crippen LogP contribution is 2.24. The molecule has 14 heavy (non-hydrogen) atoms. The lowest BCUT2D eigenvalue weighted by Gasteiger charge is -2.07. The van der Waals surface area contributed by atoms with Crippen molar-refractivity contribution in [3.05, 3.63) is 30.0 Å². The Balaban J connectivity index is 2.42. The SMILES string of the molecule is CC(CCN)c1[nH]nc2ccccc12. The zero-order valence-corrected chi connectivity index (χ0v) is 8.33. The largest absolute Gasteiger partial charge is 0.330 e. The summed E-state index contributed by atoms with van der Waals surface area (Å²) in [7, 11) is 0. The highest BCUT2D eigenvalue weighted by atomic mass is 15.1. The molecule has 0 aliphatic heterocycles. The Kier molecular flexibility index (Phi) is 2.50. The summed E-state index contributed by atoms with van der Waals surface area (Å²) in [5.74, 6) is 0.451. The lowest BCUT2D eigenvalue weighted by molar-refractivity contribution is 0.671. The van der Waals surface area contributed by atoms with Crippen LogP contribution in [0.15, 0.2) is 24.3 Å². The maximum absolute atomic E-state index is 5.55. The van der Waals surface area contributed by atoms with E-state index in [0.29, 0.717) is 12.5 Å². The van der Waals surface area contributed by atoms with Crippen LogP contribution in [0.25, 0.3) is 10.9 Å². The van der Waals surface area contributed by atoms with Crippen LogP contribution >= 0.6 is 0 Å². The van der Waals surface area contributed by atoms with Crippen molar-refractivity contribution in [3.8, 4) is 0 Å². The van der Waals surface area contributed by atoms with E-state index in [2.05, 4.69) is 23.2 Å². The van der Waals surface area contributed by atoms with Crippen molar-refractivity contribution in [1.29, 1.82) is 0 Å². The van der Waals surface area contributed by atoms with E-state index < -0.39 is 0 Å². The predicted octanol–water partition coefficient (Wildman–Crippen LogP) is 2.02. The Bertz CT molecular complexity index is 419. The lowest BCUT2D eigenvalue weighted by atomic mass is 10.0. The average molecular weight is 189 g/mol. The zero-order valence-electron chi connectivity index (χ0n) is 8.33. The fourth-order valence-electron chi connectivity index (χ4n) is 1.75. The van der Waals surface area contributed by atoms with Crippen molar-refractivity contribution in [2.24, 2.45) is 5.73 Å². The minimum Gasteiger partial charge on any atom is -0.330 e. The van der Waals surface area contributed by atoms with Gasteiger partial charge in [-0.2, -0.15) is 5.10 Å². The summed E-state index contributed by atoms with van der Waals surface area (Å²) in [6.07, 6.45) is 0.992. The molecule has 2 aromatic rings. The molecule has 0 spiro atoms. The zero-order chi connectivity index (χ0) is 9.97. The van der Waals surface area contributed by atoms with Crippen LogP contribution in [0.3, 0.4) is 0 Å². The molecule has 2 rings (SSSR count). The van der Waals surface area contributed by atoms with Crippen LogP contribution in [0.2, 0.25) is 0 Å². The van der Waals surface area contributed by atoms with E-state index in [1.165, 1.54) is 11.1 Å². The smallest absolute Gasteiger partial charge is 0.0923 e. The number of aromatic nitrogens is 2. The van der Waals surface area contributed by atoms with Gasteiger partial charge >= 0.3 is 0 Å². The summed E-state index contributed by atoms with van der Waals surface area (Å²) in [5, 5.41) is 8.57. The van der Waals surface area contributed by atoms with Gasteiger partial charge in [-0.3, -0.25) is 5.10 Å². The highest BCUT2D eigenvalue weighted by Gasteiger charge is 2.10. The number of nitrogens with two attached hydrogens (primary N) is 1. The molecule has 1 aromatic carbocycles. The fourth-order valence-corrected chi connectivity index (χ4v) is 1.75. The van der Waals surface area contributed by atoms with E-state index in [-0.39, 0.29) is 0 Å². The summed E-state index contributed by atoms with van der Waals surface area (Å²) >= 11 is 0. The van der Waals surface area contributed by atoms with Crippen molar-refractivity contribution < 1.29 is 0 Å². The minimum absolute atomic E-state index is 0.451. The van der Waals surface area contributed by atoms with Crippen molar-refractivity contribution >= 4 is 10.9 Å². The molecule has 1 atom stereocenters. The Labute approximate surface area is 83.3 Å². The summed E-state index contributed by atoms with van der Waals surface area (Å²) in [6.45, 7) is 2.89. The number of fused-ring (bicyclic) bond motifs is 1. The monoisotopic (exact) mass is 189 g/mol. The number of nitrogens with one attached hydrogen (secondary N) is 1. The van der Waals surface area contributed by atoms with Gasteiger partial charge in [0.05, 0.1) is 5.52 Å². The maximum Gasteiger partial charge on any atom is 0.0923 e. The molecule has 0 aliphatic rings. The number of rotatable bonds is 3. The lowest BCUT2D eigenvalue weighted by Crippen LogP contribution is -2.05. The summed E-state index contributed by atoms with van der Waals surface area (Å²) in [5.41, 5.74) is 7.78. The third kappa shape index (κ3) is 1.51. The molecule has 1 heterocycles. The Morgan fingerprint density at radius 3 is 3.00 bits per heavy atom. The number of para-hydroxylation sites is 1. The maximum atomic E-state index is 5.55. The quantitative estimate of drug-likeness (QED) is 0.776. The van der Waals surface area contributed by atoms with Gasteiger partial charge in [-0.25, -0.2) is 0 Å². The normalized spacial score (nSPS) is 13.3. The van der Waals surface area contributed by atoms with E-state index in [0.717, 1.165) is 11.9 Å². The number of benzene rings is 1. The van der Waals surface area contributed by atoms with Crippen LogP contribution < -0.4 is 5.73 Å². The second-order valence-electron chi connectivity index (χ2n) is 3.63. The average Bonchev–Trinajstić information content (AvgIpc) is 2.61. The van der Waals surface area contributed by atoms with Crippen molar-refractivity contribution in [2.45, 2.75) is 19.3 Å². The predicted molar refractivity (Wildman–Crippen MR) is 58.2 cm³/mol. The van der Waals surface area contributed by atoms with Crippen molar-refractivity contribution in [2.75, 3.05) is 6.54 Å². The molecule has 1 unspecified atom stereocenters. The van der Waals surface area contributed by atoms with Crippen LogP contribution in [0.1, 0.15) is 25.0 Å². The summed E-state index contributed by atoms with van der Waals surface area (Å²) in [4.78, 5) is 0. The fraction of sp³-hybridized carbons (Fsp3) is 0.364. The second-order valence-corrected chi connectivity index (χ2v) is 3.63. The van der Waals surface area contributed by atoms with Gasteiger partial charge in [-0.05, 0) is 24.9 Å². The molecule has 74 valence electrons. The molecule has 0 saturated carbocycles. The standard InChI is InChI=1S/C11H15N3/c1-8(6-7-12)11-9-4-2-3-5-10(9)13-14-11/h2-5,8H,6-7,12H2,1H3,(H,13,14). The molecule has 3 heteroatoms. The van der Waals surface area contributed by atoms with Crippen LogP contribution in [-0.2, 0) is 0 Å². The van der Waals surface area contributed by atoms with E-state index in [4.69, 9.17) is 5.73 Å². The third-order valence-electron chi connectivity index (χ3n) is 2.58. The van der Waals surface area contributed by atoms with Crippen molar-refractivity contribution in [1.82, 2.24) is 10.2 Å². The molecule has 0 bridgehead atoms. The van der Waals surface area contributed by atoms with Crippen LogP contribution in [0.5, 0.6) is 0 Å². The Hall–Kier alpha value is -1.35. The third-order valence-corrected chi connectivity index (χ3v) is 2.58. The number of H-pyrrole nitrogens is 1. The van der Waals surface area contributed by atoms with Crippen LogP contribution in [0.4, 0.5) is 0 Å². The summed E-state index contributed by atoms with van der Waals surface area (Å²) in [6, 6.07) is 8.16. The van der Waals surface area contributed by atoms with Gasteiger partial charge in [0.25, 0.3) is 0 Å². The van der Waals surface area contributed by atoms with Gasteiger partial charge in [0, 0.05) is 11.1 Å². The number of hydrogen-bond acceptors (Lipinski definition) is 2. The van der Waals surface area contributed by atoms with Gasteiger partial charge < -0.3 is 5.73 Å². The molecule has 0 saturated heterocycles. The van der Waals surface area contributed by atoms with Crippen molar-refractivity contribution in [3.63, 3.8) is 0 Å². The topological polar surface area (TPSA) is 54.7 Å². The molecule has 0 amide bonds. The van der Waals surface area contributed by atoms with E-state index in [1.807, 2.05) is 18.2 Å². The highest BCUT2D eigenvalue weighted by molar-refractivity contribution is 5.81. The number of nitrogens with zero attached hydrogens (tertiary/aromatic N) is 1. The first-order valence-corrected chi connectivity index (χ1v) is 4.96. The van der Waals surface area contributed by atoms with Crippen LogP contribution in [0, 0.1) is 0 Å². The first-order valence-electron chi connectivity index (χ1n) is 4.96. The first-order chi connectivity index (χ1) is 6.83.